The third kappa shape index (κ3) is 2.17. The number of fused-ring (bicyclic) bond motifs is 1. The number of nitrogens with one attached hydrogen (secondary N) is 1. The Kier molecular flexibility index (Phi) is 2.90. The molecule has 0 atom stereocenters. The van der Waals surface area contributed by atoms with E-state index in [0.717, 1.165) is 27.5 Å². The molecule has 1 saturated carbocycles. The lowest BCUT2D eigenvalue weighted by Gasteiger charge is -2.02. The Morgan fingerprint density at radius 2 is 2.28 bits per heavy atom. The van der Waals surface area contributed by atoms with Crippen LogP contribution in [0.2, 0.25) is 0 Å². The fraction of sp³-hybridized carbons (Fsp3) is 0.357. The van der Waals surface area contributed by atoms with E-state index in [9.17, 15) is 4.79 Å². The zero-order chi connectivity index (χ0) is 12.7. The van der Waals surface area contributed by atoms with Crippen LogP contribution in [-0.4, -0.2) is 17.0 Å². The molecule has 1 aliphatic carbocycles. The molecule has 1 aliphatic rings. The summed E-state index contributed by atoms with van der Waals surface area (Å²) in [5.41, 5.74) is 1.83. The maximum atomic E-state index is 12.2. The lowest BCUT2D eigenvalue weighted by molar-refractivity contribution is 0.0953. The fourth-order valence-electron chi connectivity index (χ4n) is 2.19. The zero-order valence-corrected chi connectivity index (χ0v) is 11.8. The first-order valence-electron chi connectivity index (χ1n) is 6.18. The molecule has 4 heteroatoms. The number of rotatable bonds is 3. The van der Waals surface area contributed by atoms with Crippen molar-refractivity contribution in [3.63, 3.8) is 0 Å². The van der Waals surface area contributed by atoms with Crippen LogP contribution >= 0.6 is 15.9 Å². The first kappa shape index (κ1) is 11.8. The SMILES string of the molecule is Cn1cc(C(=O)NCC2CC2)c2ccc(Br)cc21. The molecule has 0 bridgehead atoms. The topological polar surface area (TPSA) is 34.0 Å². The Morgan fingerprint density at radius 1 is 1.50 bits per heavy atom. The van der Waals surface area contributed by atoms with Crippen LogP contribution in [0.25, 0.3) is 10.9 Å². The van der Waals surface area contributed by atoms with Gasteiger partial charge in [0.2, 0.25) is 0 Å². The molecule has 0 spiro atoms. The molecular weight excluding hydrogens is 292 g/mol. The van der Waals surface area contributed by atoms with Gasteiger partial charge in [-0.1, -0.05) is 22.0 Å². The Labute approximate surface area is 114 Å². The number of hydrogen-bond acceptors (Lipinski definition) is 1. The van der Waals surface area contributed by atoms with Crippen LogP contribution in [0, 0.1) is 5.92 Å². The first-order valence-corrected chi connectivity index (χ1v) is 6.97. The van der Waals surface area contributed by atoms with Crippen molar-refractivity contribution in [1.82, 2.24) is 9.88 Å². The second-order valence-corrected chi connectivity index (χ2v) is 5.88. The highest BCUT2D eigenvalue weighted by molar-refractivity contribution is 9.10. The van der Waals surface area contributed by atoms with Gasteiger partial charge in [0, 0.05) is 35.2 Å². The highest BCUT2D eigenvalue weighted by Gasteiger charge is 2.22. The molecule has 1 N–H and O–H groups in total. The smallest absolute Gasteiger partial charge is 0.253 e. The molecule has 1 aromatic carbocycles. The van der Waals surface area contributed by atoms with Crippen LogP contribution in [0.1, 0.15) is 23.2 Å². The van der Waals surface area contributed by atoms with E-state index in [1.54, 1.807) is 0 Å². The summed E-state index contributed by atoms with van der Waals surface area (Å²) in [6.07, 6.45) is 4.41. The van der Waals surface area contributed by atoms with E-state index in [2.05, 4.69) is 21.2 Å². The average Bonchev–Trinajstić information content (AvgIpc) is 3.12. The molecule has 2 aromatic rings. The Bertz CT molecular complexity index is 614. The lowest BCUT2D eigenvalue weighted by atomic mass is 10.1. The van der Waals surface area contributed by atoms with Gasteiger partial charge in [0.15, 0.2) is 0 Å². The van der Waals surface area contributed by atoms with Gasteiger partial charge in [0.05, 0.1) is 5.56 Å². The number of aryl methyl sites for hydroxylation is 1. The quantitative estimate of drug-likeness (QED) is 0.929. The molecule has 1 aromatic heterocycles. The molecule has 18 heavy (non-hydrogen) atoms. The van der Waals surface area contributed by atoms with Crippen molar-refractivity contribution in [1.29, 1.82) is 0 Å². The summed E-state index contributed by atoms with van der Waals surface area (Å²) >= 11 is 3.46. The van der Waals surface area contributed by atoms with E-state index in [1.807, 2.05) is 36.0 Å². The van der Waals surface area contributed by atoms with E-state index in [-0.39, 0.29) is 5.91 Å². The van der Waals surface area contributed by atoms with E-state index in [4.69, 9.17) is 0 Å². The van der Waals surface area contributed by atoms with Crippen LogP contribution in [-0.2, 0) is 7.05 Å². The van der Waals surface area contributed by atoms with E-state index < -0.39 is 0 Å². The fourth-order valence-corrected chi connectivity index (χ4v) is 2.54. The maximum absolute atomic E-state index is 12.2. The highest BCUT2D eigenvalue weighted by Crippen LogP contribution is 2.28. The largest absolute Gasteiger partial charge is 0.352 e. The summed E-state index contributed by atoms with van der Waals surface area (Å²) in [5, 5.41) is 4.03. The summed E-state index contributed by atoms with van der Waals surface area (Å²) in [4.78, 5) is 12.2. The molecule has 94 valence electrons. The number of amides is 1. The predicted octanol–water partition coefficient (Wildman–Crippen LogP) is 3.08. The normalized spacial score (nSPS) is 15.0. The van der Waals surface area contributed by atoms with Gasteiger partial charge in [-0.05, 0) is 30.9 Å². The molecule has 1 amide bonds. The van der Waals surface area contributed by atoms with Gasteiger partial charge in [-0.2, -0.15) is 0 Å². The summed E-state index contributed by atoms with van der Waals surface area (Å²) in [7, 11) is 1.96. The molecule has 3 rings (SSSR count). The highest BCUT2D eigenvalue weighted by atomic mass is 79.9. The zero-order valence-electron chi connectivity index (χ0n) is 10.2. The number of halogens is 1. The van der Waals surface area contributed by atoms with E-state index in [1.165, 1.54) is 12.8 Å². The minimum Gasteiger partial charge on any atom is -0.352 e. The molecule has 0 radical (unpaired) electrons. The third-order valence-electron chi connectivity index (χ3n) is 3.45. The average molecular weight is 307 g/mol. The van der Waals surface area contributed by atoms with Crippen molar-refractivity contribution in [3.8, 4) is 0 Å². The predicted molar refractivity (Wildman–Crippen MR) is 75.7 cm³/mol. The van der Waals surface area contributed by atoms with Gasteiger partial charge < -0.3 is 9.88 Å². The van der Waals surface area contributed by atoms with Crippen molar-refractivity contribution >= 4 is 32.7 Å². The van der Waals surface area contributed by atoms with Crippen LogP contribution in [0.15, 0.2) is 28.9 Å². The van der Waals surface area contributed by atoms with Crippen LogP contribution in [0.4, 0.5) is 0 Å². The molecule has 0 unspecified atom stereocenters. The van der Waals surface area contributed by atoms with E-state index in [0.29, 0.717) is 5.92 Å². The van der Waals surface area contributed by atoms with Gasteiger partial charge in [0.1, 0.15) is 0 Å². The number of carbonyl (C=O) groups excluding carboxylic acids is 1. The van der Waals surface area contributed by atoms with Gasteiger partial charge in [-0.3, -0.25) is 4.79 Å². The first-order chi connectivity index (χ1) is 8.65. The van der Waals surface area contributed by atoms with Gasteiger partial charge in [-0.25, -0.2) is 0 Å². The van der Waals surface area contributed by atoms with Crippen molar-refractivity contribution in [2.45, 2.75) is 12.8 Å². The summed E-state index contributed by atoms with van der Waals surface area (Å²) in [6, 6.07) is 6.00. The Morgan fingerprint density at radius 3 is 3.00 bits per heavy atom. The second-order valence-electron chi connectivity index (χ2n) is 4.97. The van der Waals surface area contributed by atoms with Crippen molar-refractivity contribution in [3.05, 3.63) is 34.4 Å². The van der Waals surface area contributed by atoms with Gasteiger partial charge in [-0.15, -0.1) is 0 Å². The minimum atomic E-state index is 0.0369. The van der Waals surface area contributed by atoms with Crippen LogP contribution < -0.4 is 5.32 Å². The number of carbonyl (C=O) groups is 1. The van der Waals surface area contributed by atoms with Crippen LogP contribution in [0.5, 0.6) is 0 Å². The monoisotopic (exact) mass is 306 g/mol. The molecule has 0 saturated heterocycles. The van der Waals surface area contributed by atoms with Gasteiger partial charge in [0.25, 0.3) is 5.91 Å². The Hall–Kier alpha value is -1.29. The molecule has 1 fully saturated rings. The molecule has 3 nitrogen and oxygen atoms in total. The molecule has 0 aliphatic heterocycles. The lowest BCUT2D eigenvalue weighted by Crippen LogP contribution is -2.25. The number of nitrogens with zero attached hydrogens (tertiary/aromatic N) is 1. The summed E-state index contributed by atoms with van der Waals surface area (Å²) < 4.78 is 3.02. The van der Waals surface area contributed by atoms with Crippen molar-refractivity contribution in [2.75, 3.05) is 6.54 Å². The Balaban J connectivity index is 1.92. The maximum Gasteiger partial charge on any atom is 0.253 e. The summed E-state index contributed by atoms with van der Waals surface area (Å²) in [5.74, 6) is 0.743. The number of benzene rings is 1. The number of hydrogen-bond donors (Lipinski definition) is 1. The molecular formula is C14H15BrN2O. The third-order valence-corrected chi connectivity index (χ3v) is 3.94. The second kappa shape index (κ2) is 4.43. The molecule has 1 heterocycles. The standard InChI is InChI=1S/C14H15BrN2O/c1-17-8-12(14(18)16-7-9-2-3-9)11-5-4-10(15)6-13(11)17/h4-6,8-9H,2-3,7H2,1H3,(H,16,18). The van der Waals surface area contributed by atoms with Crippen molar-refractivity contribution < 1.29 is 4.79 Å². The van der Waals surface area contributed by atoms with Gasteiger partial charge >= 0.3 is 0 Å². The van der Waals surface area contributed by atoms with E-state index >= 15 is 0 Å². The van der Waals surface area contributed by atoms with Crippen molar-refractivity contribution in [2.24, 2.45) is 13.0 Å². The number of aromatic nitrogens is 1. The van der Waals surface area contributed by atoms with Crippen LogP contribution in [0.3, 0.4) is 0 Å². The summed E-state index contributed by atoms with van der Waals surface area (Å²) in [6.45, 7) is 0.811. The minimum absolute atomic E-state index is 0.0369.